The zero-order valence-corrected chi connectivity index (χ0v) is 17.1. The van der Waals surface area contributed by atoms with Gasteiger partial charge < -0.3 is 9.25 Å². The molecule has 8 heteroatoms. The molecule has 152 valence electrons. The number of aromatic nitrogens is 2. The molecule has 4 aromatic rings. The smallest absolute Gasteiger partial charge is 0.329 e. The molecule has 3 heterocycles. The van der Waals surface area contributed by atoms with E-state index in [4.69, 9.17) is 26.0 Å². The summed E-state index contributed by atoms with van der Waals surface area (Å²) in [5.41, 5.74) is 5.73. The average Bonchev–Trinajstić information content (AvgIpc) is 3.40. The summed E-state index contributed by atoms with van der Waals surface area (Å²) in [5.74, 6) is -0.859. The number of nitrogens with one attached hydrogen (secondary N) is 1. The predicted octanol–water partition coefficient (Wildman–Crippen LogP) is 4.69. The minimum atomic E-state index is -0.641. The van der Waals surface area contributed by atoms with E-state index < -0.39 is 11.9 Å². The molecule has 7 nitrogen and oxygen atoms in total. The van der Waals surface area contributed by atoms with Crippen LogP contribution in [0, 0.1) is 0 Å². The number of amides is 1. The number of halogens is 1. The largest absolute Gasteiger partial charge is 0.463 e. The van der Waals surface area contributed by atoms with Crippen LogP contribution in [0.15, 0.2) is 59.2 Å². The Hall–Kier alpha value is -3.58. The van der Waals surface area contributed by atoms with Crippen LogP contribution in [0.1, 0.15) is 29.9 Å². The molecule has 0 aliphatic carbocycles. The molecule has 0 spiro atoms. The number of benzene rings is 1. The van der Waals surface area contributed by atoms with E-state index in [0.29, 0.717) is 22.0 Å². The van der Waals surface area contributed by atoms with Gasteiger partial charge in [0.1, 0.15) is 5.69 Å². The van der Waals surface area contributed by atoms with Crippen molar-refractivity contribution in [1.29, 1.82) is 0 Å². The highest BCUT2D eigenvalue weighted by molar-refractivity contribution is 6.31. The molecule has 0 aliphatic rings. The maximum Gasteiger partial charge on any atom is 0.329 e. The van der Waals surface area contributed by atoms with Crippen molar-refractivity contribution >= 4 is 29.0 Å². The Morgan fingerprint density at radius 2 is 2.03 bits per heavy atom. The second-order valence-corrected chi connectivity index (χ2v) is 7.02. The fourth-order valence-electron chi connectivity index (χ4n) is 3.35. The zero-order chi connectivity index (χ0) is 21.3. The number of hydroxylamine groups is 1. The van der Waals surface area contributed by atoms with Crippen LogP contribution < -0.4 is 5.48 Å². The zero-order valence-electron chi connectivity index (χ0n) is 16.3. The van der Waals surface area contributed by atoms with Gasteiger partial charge in [0, 0.05) is 23.2 Å². The standard InChI is InChI=1S/C22H18ClN3O4/c1-3-16-9-10-17-19(14-6-4-7-15(23)12-14)20(22(28)25-30-13(2)27)21(24-26(16)17)18-8-5-11-29-18/h4-12H,3H2,1-2H3,(H,25,28). The number of hydrogen-bond donors (Lipinski definition) is 1. The second kappa shape index (κ2) is 8.04. The first-order valence-corrected chi connectivity index (χ1v) is 9.69. The molecule has 4 rings (SSSR count). The lowest BCUT2D eigenvalue weighted by molar-refractivity contribution is -0.146. The van der Waals surface area contributed by atoms with E-state index in [2.05, 4.69) is 5.48 Å². The van der Waals surface area contributed by atoms with Crippen molar-refractivity contribution in [1.82, 2.24) is 15.1 Å². The molecule has 0 fully saturated rings. The molecule has 0 atom stereocenters. The minimum absolute atomic E-state index is 0.210. The minimum Gasteiger partial charge on any atom is -0.463 e. The Kier molecular flexibility index (Phi) is 5.29. The quantitative estimate of drug-likeness (QED) is 0.481. The molecule has 1 amide bonds. The molecule has 0 saturated carbocycles. The monoisotopic (exact) mass is 423 g/mol. The molecular weight excluding hydrogens is 406 g/mol. The van der Waals surface area contributed by atoms with Gasteiger partial charge in [-0.15, -0.1) is 0 Å². The van der Waals surface area contributed by atoms with E-state index in [1.807, 2.05) is 25.1 Å². The molecule has 30 heavy (non-hydrogen) atoms. The Labute approximate surface area is 177 Å². The van der Waals surface area contributed by atoms with Crippen LogP contribution in [-0.2, 0) is 16.1 Å². The highest BCUT2D eigenvalue weighted by atomic mass is 35.5. The van der Waals surface area contributed by atoms with Gasteiger partial charge in [0.25, 0.3) is 5.91 Å². The van der Waals surface area contributed by atoms with Crippen LogP contribution in [0.25, 0.3) is 28.1 Å². The van der Waals surface area contributed by atoms with Crippen LogP contribution in [0.4, 0.5) is 0 Å². The van der Waals surface area contributed by atoms with Gasteiger partial charge >= 0.3 is 5.97 Å². The van der Waals surface area contributed by atoms with Crippen LogP contribution >= 0.6 is 11.6 Å². The number of fused-ring (bicyclic) bond motifs is 1. The summed E-state index contributed by atoms with van der Waals surface area (Å²) in [6.45, 7) is 3.23. The van der Waals surface area contributed by atoms with E-state index in [0.717, 1.165) is 23.2 Å². The van der Waals surface area contributed by atoms with Crippen molar-refractivity contribution in [2.24, 2.45) is 0 Å². The number of carbonyl (C=O) groups is 2. The molecule has 0 bridgehead atoms. The van der Waals surface area contributed by atoms with E-state index in [1.54, 1.807) is 34.8 Å². The van der Waals surface area contributed by atoms with Gasteiger partial charge in [0.05, 0.1) is 17.3 Å². The van der Waals surface area contributed by atoms with E-state index in [1.165, 1.54) is 13.2 Å². The summed E-state index contributed by atoms with van der Waals surface area (Å²) >= 11 is 6.24. The lowest BCUT2D eigenvalue weighted by Crippen LogP contribution is -2.27. The maximum atomic E-state index is 13.2. The molecule has 1 N–H and O–H groups in total. The number of rotatable bonds is 4. The molecule has 0 radical (unpaired) electrons. The van der Waals surface area contributed by atoms with Crippen LogP contribution in [0.2, 0.25) is 5.02 Å². The molecule has 0 unspecified atom stereocenters. The van der Waals surface area contributed by atoms with Crippen molar-refractivity contribution in [3.63, 3.8) is 0 Å². The molecule has 1 aromatic carbocycles. The highest BCUT2D eigenvalue weighted by Gasteiger charge is 2.26. The van der Waals surface area contributed by atoms with Gasteiger partial charge in [-0.25, -0.2) is 4.52 Å². The summed E-state index contributed by atoms with van der Waals surface area (Å²) in [5, 5.41) is 5.22. The fraction of sp³-hybridized carbons (Fsp3) is 0.136. The molecule has 0 saturated heterocycles. The van der Waals surface area contributed by atoms with Crippen molar-refractivity contribution in [2.45, 2.75) is 20.3 Å². The first-order chi connectivity index (χ1) is 14.5. The maximum absolute atomic E-state index is 13.2. The third-order valence-corrected chi connectivity index (χ3v) is 4.86. The Morgan fingerprint density at radius 3 is 2.70 bits per heavy atom. The second-order valence-electron chi connectivity index (χ2n) is 6.59. The number of carbonyl (C=O) groups excluding carboxylic acids is 2. The number of hydrogen-bond acceptors (Lipinski definition) is 5. The van der Waals surface area contributed by atoms with Crippen molar-refractivity contribution in [2.75, 3.05) is 0 Å². The summed E-state index contributed by atoms with van der Waals surface area (Å²) < 4.78 is 7.35. The summed E-state index contributed by atoms with van der Waals surface area (Å²) in [6, 6.07) is 14.5. The first kappa shape index (κ1) is 19.7. The number of aryl methyl sites for hydroxylation is 1. The van der Waals surface area contributed by atoms with Crippen molar-refractivity contribution in [3.8, 4) is 22.6 Å². The predicted molar refractivity (Wildman–Crippen MR) is 112 cm³/mol. The summed E-state index contributed by atoms with van der Waals surface area (Å²) in [6.07, 6.45) is 2.25. The number of furan rings is 1. The SMILES string of the molecule is CCc1ccc2c(-c3cccc(Cl)c3)c(C(=O)NOC(C)=O)c(-c3ccco3)nn12. The summed E-state index contributed by atoms with van der Waals surface area (Å²) in [7, 11) is 0. The van der Waals surface area contributed by atoms with Gasteiger partial charge in [0.2, 0.25) is 0 Å². The molecule has 0 aliphatic heterocycles. The van der Waals surface area contributed by atoms with Crippen molar-refractivity contribution < 1.29 is 18.8 Å². The van der Waals surface area contributed by atoms with Crippen LogP contribution in [0.3, 0.4) is 0 Å². The highest BCUT2D eigenvalue weighted by Crippen LogP contribution is 2.36. The lowest BCUT2D eigenvalue weighted by atomic mass is 9.97. The van der Waals surface area contributed by atoms with E-state index in [9.17, 15) is 9.59 Å². The normalized spacial score (nSPS) is 10.9. The third kappa shape index (κ3) is 3.55. The van der Waals surface area contributed by atoms with Crippen molar-refractivity contribution in [3.05, 3.63) is 71.1 Å². The molecular formula is C22H18ClN3O4. The number of nitrogens with zero attached hydrogens (tertiary/aromatic N) is 2. The Bertz CT molecular complexity index is 1240. The van der Waals surface area contributed by atoms with Gasteiger partial charge in [-0.3, -0.25) is 9.59 Å². The Morgan fingerprint density at radius 1 is 1.20 bits per heavy atom. The fourth-order valence-corrected chi connectivity index (χ4v) is 3.55. The topological polar surface area (TPSA) is 85.8 Å². The van der Waals surface area contributed by atoms with Gasteiger partial charge in [-0.05, 0) is 48.4 Å². The van der Waals surface area contributed by atoms with Gasteiger partial charge in [-0.1, -0.05) is 30.7 Å². The molecule has 3 aromatic heterocycles. The average molecular weight is 424 g/mol. The van der Waals surface area contributed by atoms with Gasteiger partial charge in [0.15, 0.2) is 5.76 Å². The van der Waals surface area contributed by atoms with E-state index in [-0.39, 0.29) is 5.56 Å². The third-order valence-electron chi connectivity index (χ3n) is 4.62. The van der Waals surface area contributed by atoms with E-state index >= 15 is 0 Å². The lowest BCUT2D eigenvalue weighted by Gasteiger charge is -2.16. The van der Waals surface area contributed by atoms with Crippen LogP contribution in [0.5, 0.6) is 0 Å². The summed E-state index contributed by atoms with van der Waals surface area (Å²) in [4.78, 5) is 29.2. The first-order valence-electron chi connectivity index (χ1n) is 9.31. The Balaban J connectivity index is 2.08. The van der Waals surface area contributed by atoms with Gasteiger partial charge in [-0.2, -0.15) is 10.6 Å². The van der Waals surface area contributed by atoms with Crippen LogP contribution in [-0.4, -0.2) is 21.5 Å².